The van der Waals surface area contributed by atoms with Gasteiger partial charge in [0.15, 0.2) is 0 Å². The van der Waals surface area contributed by atoms with E-state index in [-0.39, 0.29) is 0 Å². The first-order valence-electron chi connectivity index (χ1n) is 5.92. The molecule has 1 aromatic rings. The summed E-state index contributed by atoms with van der Waals surface area (Å²) in [6, 6.07) is 8.60. The van der Waals surface area contributed by atoms with E-state index in [2.05, 4.69) is 44.2 Å². The Hall–Kier alpha value is -1.04. The molecule has 0 heteroatoms. The van der Waals surface area contributed by atoms with Crippen molar-refractivity contribution in [2.45, 2.75) is 39.0 Å². The first-order chi connectivity index (χ1) is 7.38. The highest BCUT2D eigenvalue weighted by Gasteiger charge is 1.97. The van der Waals surface area contributed by atoms with E-state index in [9.17, 15) is 0 Å². The topological polar surface area (TPSA) is 0 Å². The van der Waals surface area contributed by atoms with Crippen molar-refractivity contribution in [2.75, 3.05) is 0 Å². The van der Waals surface area contributed by atoms with Crippen molar-refractivity contribution in [2.24, 2.45) is 0 Å². The van der Waals surface area contributed by atoms with Crippen molar-refractivity contribution in [1.29, 1.82) is 0 Å². The molecule has 0 unspecified atom stereocenters. The highest BCUT2D eigenvalue weighted by Crippen LogP contribution is 2.14. The van der Waals surface area contributed by atoms with E-state index in [4.69, 9.17) is 0 Å². The zero-order valence-corrected chi connectivity index (χ0v) is 9.71. The summed E-state index contributed by atoms with van der Waals surface area (Å²) in [4.78, 5) is 0. The van der Waals surface area contributed by atoms with Gasteiger partial charge in [0, 0.05) is 0 Å². The summed E-state index contributed by atoms with van der Waals surface area (Å²) in [5, 5.41) is 0. The van der Waals surface area contributed by atoms with E-state index >= 15 is 0 Å². The third-order valence-corrected chi connectivity index (χ3v) is 2.65. The van der Waals surface area contributed by atoms with Crippen molar-refractivity contribution < 1.29 is 0 Å². The Balaban J connectivity index is 2.51. The summed E-state index contributed by atoms with van der Waals surface area (Å²) in [5.41, 5.74) is 2.78. The van der Waals surface area contributed by atoms with Gasteiger partial charge >= 0.3 is 0 Å². The van der Waals surface area contributed by atoms with Crippen LogP contribution in [0.5, 0.6) is 0 Å². The van der Waals surface area contributed by atoms with Crippen LogP contribution in [0.4, 0.5) is 0 Å². The Morgan fingerprint density at radius 2 is 1.93 bits per heavy atom. The molecule has 1 rings (SSSR count). The Kier molecular flexibility index (Phi) is 5.84. The van der Waals surface area contributed by atoms with Gasteiger partial charge in [0.2, 0.25) is 0 Å². The molecule has 0 aliphatic carbocycles. The van der Waals surface area contributed by atoms with Gasteiger partial charge in [-0.05, 0) is 30.9 Å². The second kappa shape index (κ2) is 7.28. The van der Waals surface area contributed by atoms with Crippen molar-refractivity contribution in [3.05, 3.63) is 48.4 Å². The second-order valence-corrected chi connectivity index (χ2v) is 3.91. The summed E-state index contributed by atoms with van der Waals surface area (Å²) in [6.45, 7) is 6.00. The lowest BCUT2D eigenvalue weighted by Gasteiger charge is -2.05. The number of hydrogen-bond acceptors (Lipinski definition) is 0. The minimum Gasteiger partial charge on any atom is -0.0836 e. The fourth-order valence-corrected chi connectivity index (χ4v) is 1.79. The van der Waals surface area contributed by atoms with E-state index in [1.54, 1.807) is 0 Å². The predicted octanol–water partition coefficient (Wildman–Crippen LogP) is 4.66. The normalized spacial score (nSPS) is 11.1. The van der Waals surface area contributed by atoms with Gasteiger partial charge in [0.25, 0.3) is 0 Å². The number of benzene rings is 1. The molecular weight excluding hydrogens is 180 g/mol. The number of allylic oxidation sites excluding steroid dienone is 1. The summed E-state index contributed by atoms with van der Waals surface area (Å²) in [6.07, 6.45) is 10.5. The molecule has 1 aromatic carbocycles. The molecule has 0 fully saturated rings. The van der Waals surface area contributed by atoms with Crippen LogP contribution >= 0.6 is 0 Å². The molecule has 0 nitrogen and oxygen atoms in total. The summed E-state index contributed by atoms with van der Waals surface area (Å²) < 4.78 is 0. The largest absolute Gasteiger partial charge is 0.0836 e. The highest BCUT2D eigenvalue weighted by atomic mass is 14.0. The quantitative estimate of drug-likeness (QED) is 0.587. The van der Waals surface area contributed by atoms with Crippen molar-refractivity contribution >= 4 is 6.08 Å². The van der Waals surface area contributed by atoms with Gasteiger partial charge in [-0.3, -0.25) is 0 Å². The standard InChI is InChI=1S/C15H21/c1-3-5-6-7-11-15-13-9-8-12-14(15)10-4-2/h4,8-10,12-13H,2-3,5-7,11H2,1H3/b10-4+. The molecule has 0 saturated heterocycles. The second-order valence-electron chi connectivity index (χ2n) is 3.91. The maximum atomic E-state index is 3.75. The van der Waals surface area contributed by atoms with Gasteiger partial charge in [-0.2, -0.15) is 0 Å². The number of aryl methyl sites for hydroxylation is 1. The maximum absolute atomic E-state index is 3.75. The van der Waals surface area contributed by atoms with Gasteiger partial charge < -0.3 is 0 Å². The molecule has 0 N–H and O–H groups in total. The van der Waals surface area contributed by atoms with Crippen molar-refractivity contribution in [1.82, 2.24) is 0 Å². The highest BCUT2D eigenvalue weighted by molar-refractivity contribution is 5.54. The molecule has 0 saturated carbocycles. The number of hydrogen-bond donors (Lipinski definition) is 0. The Morgan fingerprint density at radius 3 is 2.67 bits per heavy atom. The lowest BCUT2D eigenvalue weighted by molar-refractivity contribution is 0.666. The van der Waals surface area contributed by atoms with Crippen LogP contribution in [0.3, 0.4) is 0 Å². The molecule has 1 radical (unpaired) electrons. The van der Waals surface area contributed by atoms with Gasteiger partial charge in [0.05, 0.1) is 0 Å². The monoisotopic (exact) mass is 201 g/mol. The van der Waals surface area contributed by atoms with E-state index < -0.39 is 0 Å². The summed E-state index contributed by atoms with van der Waals surface area (Å²) in [7, 11) is 0. The minimum absolute atomic E-state index is 1.19. The average Bonchev–Trinajstić information content (AvgIpc) is 2.27. The van der Waals surface area contributed by atoms with Crippen LogP contribution in [0, 0.1) is 6.92 Å². The fraction of sp³-hybridized carbons (Fsp3) is 0.400. The SMILES string of the molecule is [CH2]/C=C/c1ccccc1CCCCCC. The Morgan fingerprint density at radius 1 is 1.13 bits per heavy atom. The van der Waals surface area contributed by atoms with Crippen LogP contribution < -0.4 is 0 Å². The van der Waals surface area contributed by atoms with Crippen molar-refractivity contribution in [3.8, 4) is 0 Å². The molecular formula is C15H21. The molecule has 0 spiro atoms. The van der Waals surface area contributed by atoms with Crippen LogP contribution in [0.1, 0.15) is 43.7 Å². The van der Waals surface area contributed by atoms with Crippen LogP contribution in [0.15, 0.2) is 30.3 Å². The number of rotatable bonds is 6. The summed E-state index contributed by atoms with van der Waals surface area (Å²) >= 11 is 0. The lowest BCUT2D eigenvalue weighted by atomic mass is 10.0. The Bertz CT molecular complexity index is 297. The van der Waals surface area contributed by atoms with Gasteiger partial charge in [0.1, 0.15) is 0 Å². The Labute approximate surface area is 94.0 Å². The minimum atomic E-state index is 1.19. The molecule has 0 aliphatic heterocycles. The third-order valence-electron chi connectivity index (χ3n) is 2.65. The zero-order chi connectivity index (χ0) is 10.9. The third kappa shape index (κ3) is 4.33. The van der Waals surface area contributed by atoms with Gasteiger partial charge in [-0.25, -0.2) is 0 Å². The fourth-order valence-electron chi connectivity index (χ4n) is 1.79. The maximum Gasteiger partial charge on any atom is -0.0228 e. The lowest BCUT2D eigenvalue weighted by Crippen LogP contribution is -1.89. The molecule has 0 heterocycles. The number of unbranched alkanes of at least 4 members (excludes halogenated alkanes) is 3. The van der Waals surface area contributed by atoms with E-state index in [1.807, 2.05) is 6.08 Å². The molecule has 81 valence electrons. The van der Waals surface area contributed by atoms with E-state index in [0.29, 0.717) is 0 Å². The first kappa shape index (κ1) is 12.0. The molecule has 15 heavy (non-hydrogen) atoms. The van der Waals surface area contributed by atoms with Gasteiger partial charge in [-0.1, -0.05) is 62.6 Å². The smallest absolute Gasteiger partial charge is 0.0228 e. The van der Waals surface area contributed by atoms with Crippen LogP contribution in [0.25, 0.3) is 6.08 Å². The first-order valence-corrected chi connectivity index (χ1v) is 5.92. The molecule has 0 amide bonds. The van der Waals surface area contributed by atoms with E-state index in [0.717, 1.165) is 0 Å². The van der Waals surface area contributed by atoms with Crippen LogP contribution in [0.2, 0.25) is 0 Å². The van der Waals surface area contributed by atoms with Crippen LogP contribution in [-0.2, 0) is 6.42 Å². The predicted molar refractivity (Wildman–Crippen MR) is 68.7 cm³/mol. The molecule has 0 bridgehead atoms. The molecule has 0 aliphatic rings. The molecule has 0 atom stereocenters. The van der Waals surface area contributed by atoms with Crippen LogP contribution in [-0.4, -0.2) is 0 Å². The molecule has 0 aromatic heterocycles. The average molecular weight is 201 g/mol. The van der Waals surface area contributed by atoms with E-state index in [1.165, 1.54) is 43.2 Å². The zero-order valence-electron chi connectivity index (χ0n) is 9.71. The van der Waals surface area contributed by atoms with Crippen molar-refractivity contribution in [3.63, 3.8) is 0 Å². The van der Waals surface area contributed by atoms with Gasteiger partial charge in [-0.15, -0.1) is 0 Å². The summed E-state index contributed by atoms with van der Waals surface area (Å²) in [5.74, 6) is 0.